The van der Waals surface area contributed by atoms with Crippen LogP contribution in [-0.4, -0.2) is 23.5 Å². The highest BCUT2D eigenvalue weighted by atomic mass is 32.1. The number of halogens is 1. The Hall–Kier alpha value is -1.00. The average molecular weight is 268 g/mol. The van der Waals surface area contributed by atoms with Gasteiger partial charge in [0.1, 0.15) is 10.8 Å². The summed E-state index contributed by atoms with van der Waals surface area (Å²) >= 11 is 4.83. The molecule has 0 aliphatic rings. The number of unbranched alkanes of at least 4 members (excludes halogenated alkanes) is 2. The quantitative estimate of drug-likeness (QED) is 0.608. The molecule has 0 amide bonds. The zero-order valence-corrected chi connectivity index (χ0v) is 11.9. The van der Waals surface area contributed by atoms with Crippen molar-refractivity contribution in [2.24, 2.45) is 5.73 Å². The monoisotopic (exact) mass is 268 g/mol. The highest BCUT2D eigenvalue weighted by Gasteiger charge is 2.11. The van der Waals surface area contributed by atoms with E-state index in [9.17, 15) is 4.39 Å². The summed E-state index contributed by atoms with van der Waals surface area (Å²) in [5.41, 5.74) is 6.48. The van der Waals surface area contributed by atoms with Crippen LogP contribution in [0, 0.1) is 5.82 Å². The number of thiocarbonyl (C=S) groups is 1. The zero-order chi connectivity index (χ0) is 13.5. The molecule has 0 aromatic heterocycles. The predicted octanol–water partition coefficient (Wildman–Crippen LogP) is 3.08. The maximum absolute atomic E-state index is 14.1. The van der Waals surface area contributed by atoms with Crippen molar-refractivity contribution in [1.82, 2.24) is 4.90 Å². The summed E-state index contributed by atoms with van der Waals surface area (Å²) in [5, 5.41) is 0. The van der Waals surface area contributed by atoms with Gasteiger partial charge in [-0.25, -0.2) is 4.39 Å². The van der Waals surface area contributed by atoms with Gasteiger partial charge in [-0.1, -0.05) is 44.1 Å². The predicted molar refractivity (Wildman–Crippen MR) is 78.1 cm³/mol. The minimum Gasteiger partial charge on any atom is -0.389 e. The molecule has 2 N–H and O–H groups in total. The van der Waals surface area contributed by atoms with Crippen LogP contribution in [0.4, 0.5) is 4.39 Å². The molecule has 0 aliphatic carbocycles. The number of rotatable bonds is 7. The van der Waals surface area contributed by atoms with Gasteiger partial charge in [0.05, 0.1) is 0 Å². The second-order valence-electron chi connectivity index (χ2n) is 4.59. The lowest BCUT2D eigenvalue weighted by Crippen LogP contribution is -2.21. The molecule has 0 radical (unpaired) electrons. The van der Waals surface area contributed by atoms with E-state index in [1.807, 2.05) is 7.05 Å². The van der Waals surface area contributed by atoms with E-state index in [0.717, 1.165) is 13.0 Å². The Bertz CT molecular complexity index is 407. The van der Waals surface area contributed by atoms with Gasteiger partial charge in [-0.2, -0.15) is 0 Å². The normalized spacial score (nSPS) is 10.9. The lowest BCUT2D eigenvalue weighted by molar-refractivity contribution is 0.313. The van der Waals surface area contributed by atoms with Crippen LogP contribution in [0.2, 0.25) is 0 Å². The Morgan fingerprint density at radius 1 is 1.39 bits per heavy atom. The van der Waals surface area contributed by atoms with Crippen LogP contribution in [0.1, 0.15) is 37.3 Å². The third-order valence-corrected chi connectivity index (χ3v) is 3.15. The second kappa shape index (κ2) is 7.44. The molecule has 0 spiro atoms. The van der Waals surface area contributed by atoms with Crippen LogP contribution < -0.4 is 5.73 Å². The first-order chi connectivity index (χ1) is 8.56. The average Bonchev–Trinajstić information content (AvgIpc) is 2.32. The molecule has 0 fully saturated rings. The fourth-order valence-corrected chi connectivity index (χ4v) is 2.05. The molecule has 0 bridgehead atoms. The molecule has 18 heavy (non-hydrogen) atoms. The molecule has 0 unspecified atom stereocenters. The van der Waals surface area contributed by atoms with E-state index in [0.29, 0.717) is 17.7 Å². The van der Waals surface area contributed by atoms with Crippen molar-refractivity contribution < 1.29 is 4.39 Å². The maximum atomic E-state index is 14.1. The van der Waals surface area contributed by atoms with Crippen LogP contribution in [0.25, 0.3) is 0 Å². The fraction of sp³-hybridized carbons (Fsp3) is 0.500. The summed E-state index contributed by atoms with van der Waals surface area (Å²) in [6.45, 7) is 3.74. The van der Waals surface area contributed by atoms with Gasteiger partial charge >= 0.3 is 0 Å². The van der Waals surface area contributed by atoms with E-state index in [2.05, 4.69) is 11.8 Å². The van der Waals surface area contributed by atoms with E-state index >= 15 is 0 Å². The van der Waals surface area contributed by atoms with Crippen molar-refractivity contribution in [2.75, 3.05) is 13.6 Å². The number of hydrogen-bond donors (Lipinski definition) is 1. The Labute approximate surface area is 114 Å². The molecule has 0 heterocycles. The minimum atomic E-state index is -0.285. The van der Waals surface area contributed by atoms with Crippen molar-refractivity contribution in [3.8, 4) is 0 Å². The van der Waals surface area contributed by atoms with Gasteiger partial charge < -0.3 is 10.6 Å². The van der Waals surface area contributed by atoms with Crippen molar-refractivity contribution >= 4 is 17.2 Å². The third-order valence-electron chi connectivity index (χ3n) is 2.93. The molecule has 1 aromatic rings. The van der Waals surface area contributed by atoms with E-state index < -0.39 is 0 Å². The molecule has 2 nitrogen and oxygen atoms in total. The molecule has 100 valence electrons. The van der Waals surface area contributed by atoms with Gasteiger partial charge in [0, 0.05) is 17.7 Å². The molecule has 1 rings (SSSR count). The molecule has 0 saturated carbocycles. The van der Waals surface area contributed by atoms with Gasteiger partial charge in [-0.3, -0.25) is 0 Å². The molecule has 1 aromatic carbocycles. The first-order valence-corrected chi connectivity index (χ1v) is 6.72. The van der Waals surface area contributed by atoms with Gasteiger partial charge in [-0.05, 0) is 26.1 Å². The van der Waals surface area contributed by atoms with Crippen molar-refractivity contribution in [3.05, 3.63) is 35.1 Å². The Morgan fingerprint density at radius 2 is 2.11 bits per heavy atom. The summed E-state index contributed by atoms with van der Waals surface area (Å²) in [5.74, 6) is -0.285. The largest absolute Gasteiger partial charge is 0.389 e. The van der Waals surface area contributed by atoms with Gasteiger partial charge in [0.25, 0.3) is 0 Å². The molecule has 0 aliphatic heterocycles. The molecule has 0 atom stereocenters. The van der Waals surface area contributed by atoms with E-state index in [-0.39, 0.29) is 10.8 Å². The van der Waals surface area contributed by atoms with Gasteiger partial charge in [-0.15, -0.1) is 0 Å². The summed E-state index contributed by atoms with van der Waals surface area (Å²) in [7, 11) is 2.00. The molecule has 0 saturated heterocycles. The lowest BCUT2D eigenvalue weighted by Gasteiger charge is -2.17. The Balaban J connectivity index is 2.67. The zero-order valence-electron chi connectivity index (χ0n) is 11.1. The van der Waals surface area contributed by atoms with Gasteiger partial charge in [0.15, 0.2) is 0 Å². The highest BCUT2D eigenvalue weighted by Crippen LogP contribution is 2.15. The highest BCUT2D eigenvalue weighted by molar-refractivity contribution is 7.80. The minimum absolute atomic E-state index is 0.114. The van der Waals surface area contributed by atoms with Crippen molar-refractivity contribution in [2.45, 2.75) is 32.7 Å². The summed E-state index contributed by atoms with van der Waals surface area (Å²) in [6, 6.07) is 5.21. The van der Waals surface area contributed by atoms with Crippen LogP contribution in [0.5, 0.6) is 0 Å². The van der Waals surface area contributed by atoms with Gasteiger partial charge in [0.2, 0.25) is 0 Å². The first-order valence-electron chi connectivity index (χ1n) is 6.32. The standard InChI is InChI=1S/C14H21FN2S/c1-3-4-5-9-17(2)10-11-7-6-8-12(13(11)15)14(16)18/h6-8H,3-5,9-10H2,1-2H3,(H2,16,18). The SMILES string of the molecule is CCCCCN(C)Cc1cccc(C(N)=S)c1F. The topological polar surface area (TPSA) is 29.3 Å². The third kappa shape index (κ3) is 4.35. The smallest absolute Gasteiger partial charge is 0.137 e. The van der Waals surface area contributed by atoms with Crippen molar-refractivity contribution in [1.29, 1.82) is 0 Å². The fourth-order valence-electron chi connectivity index (χ4n) is 1.89. The Kier molecular flexibility index (Phi) is 6.22. The number of benzene rings is 1. The lowest BCUT2D eigenvalue weighted by atomic mass is 10.1. The number of nitrogens with two attached hydrogens (primary N) is 1. The summed E-state index contributed by atoms with van der Waals surface area (Å²) in [4.78, 5) is 2.24. The maximum Gasteiger partial charge on any atom is 0.137 e. The molecule has 4 heteroatoms. The van der Waals surface area contributed by atoms with Crippen LogP contribution in [0.15, 0.2) is 18.2 Å². The second-order valence-corrected chi connectivity index (χ2v) is 5.03. The Morgan fingerprint density at radius 3 is 2.72 bits per heavy atom. The first kappa shape index (κ1) is 15.1. The molecular weight excluding hydrogens is 247 g/mol. The summed E-state index contributed by atoms with van der Waals surface area (Å²) < 4.78 is 14.1. The van der Waals surface area contributed by atoms with E-state index in [1.54, 1.807) is 18.2 Å². The van der Waals surface area contributed by atoms with Crippen LogP contribution in [-0.2, 0) is 6.54 Å². The summed E-state index contributed by atoms with van der Waals surface area (Å²) in [6.07, 6.45) is 3.54. The van der Waals surface area contributed by atoms with E-state index in [1.165, 1.54) is 12.8 Å². The van der Waals surface area contributed by atoms with Crippen molar-refractivity contribution in [3.63, 3.8) is 0 Å². The van der Waals surface area contributed by atoms with Crippen LogP contribution >= 0.6 is 12.2 Å². The number of nitrogens with zero attached hydrogens (tertiary/aromatic N) is 1. The van der Waals surface area contributed by atoms with Crippen LogP contribution in [0.3, 0.4) is 0 Å². The molecular formula is C14H21FN2S. The van der Waals surface area contributed by atoms with E-state index in [4.69, 9.17) is 18.0 Å². The number of hydrogen-bond acceptors (Lipinski definition) is 2.